The molecule has 0 aromatic carbocycles. The monoisotopic (exact) mass is 322 g/mol. The average Bonchev–Trinajstić information content (AvgIpc) is 2.47. The fourth-order valence-electron chi connectivity index (χ4n) is 3.06. The maximum absolute atomic E-state index is 13.2. The number of likely N-dealkylation sites (tertiary alicyclic amines) is 1. The van der Waals surface area contributed by atoms with Crippen LogP contribution in [0.5, 0.6) is 0 Å². The summed E-state index contributed by atoms with van der Waals surface area (Å²) >= 11 is 0. The Labute approximate surface area is 129 Å². The summed E-state index contributed by atoms with van der Waals surface area (Å²) in [6.07, 6.45) is -2.89. The molecular formula is C14H25F3N4O. The summed E-state index contributed by atoms with van der Waals surface area (Å²) in [5, 5.41) is 5.57. The van der Waals surface area contributed by atoms with Crippen molar-refractivity contribution in [2.75, 3.05) is 52.9 Å². The van der Waals surface area contributed by atoms with Crippen LogP contribution in [0.15, 0.2) is 0 Å². The Hall–Kier alpha value is -0.860. The zero-order valence-electron chi connectivity index (χ0n) is 13.0. The molecule has 8 heteroatoms. The SMILES string of the molecule is CN1CCC(C(=O)NCC(N2CCNCC2)C(F)(F)F)CC1. The van der Waals surface area contributed by atoms with Crippen molar-refractivity contribution in [3.05, 3.63) is 0 Å². The van der Waals surface area contributed by atoms with Crippen molar-refractivity contribution in [3.8, 4) is 0 Å². The molecule has 2 N–H and O–H groups in total. The maximum atomic E-state index is 13.2. The number of nitrogens with one attached hydrogen (secondary N) is 2. The highest BCUT2D eigenvalue weighted by Crippen LogP contribution is 2.25. The normalized spacial score (nSPS) is 24.2. The number of hydrogen-bond acceptors (Lipinski definition) is 4. The Bertz CT molecular complexity index is 364. The molecule has 0 aromatic rings. The minimum absolute atomic E-state index is 0.159. The van der Waals surface area contributed by atoms with Gasteiger partial charge in [0.15, 0.2) is 0 Å². The van der Waals surface area contributed by atoms with E-state index in [1.165, 1.54) is 4.90 Å². The van der Waals surface area contributed by atoms with Gasteiger partial charge in [-0.2, -0.15) is 13.2 Å². The number of halogens is 3. The Kier molecular flexibility index (Phi) is 6.05. The van der Waals surface area contributed by atoms with E-state index in [1.807, 2.05) is 7.05 Å². The predicted molar refractivity (Wildman–Crippen MR) is 77.5 cm³/mol. The van der Waals surface area contributed by atoms with Gasteiger partial charge in [0.25, 0.3) is 0 Å². The van der Waals surface area contributed by atoms with Gasteiger partial charge in [-0.25, -0.2) is 0 Å². The Morgan fingerprint density at radius 3 is 2.36 bits per heavy atom. The van der Waals surface area contributed by atoms with Crippen LogP contribution < -0.4 is 10.6 Å². The quantitative estimate of drug-likeness (QED) is 0.781. The second-order valence-corrected chi connectivity index (χ2v) is 6.17. The zero-order chi connectivity index (χ0) is 16.2. The molecule has 2 saturated heterocycles. The van der Waals surface area contributed by atoms with E-state index in [0.29, 0.717) is 39.0 Å². The van der Waals surface area contributed by atoms with Crippen LogP contribution in [-0.2, 0) is 4.79 Å². The molecule has 0 saturated carbocycles. The van der Waals surface area contributed by atoms with Gasteiger partial charge >= 0.3 is 6.18 Å². The standard InChI is InChI=1S/C14H25F3N4O/c1-20-6-2-11(3-7-20)13(22)19-10-12(14(15,16)17)21-8-4-18-5-9-21/h11-12,18H,2-10H2,1H3,(H,19,22). The van der Waals surface area contributed by atoms with Crippen LogP contribution in [0.3, 0.4) is 0 Å². The van der Waals surface area contributed by atoms with E-state index < -0.39 is 12.2 Å². The molecule has 1 amide bonds. The topological polar surface area (TPSA) is 47.6 Å². The van der Waals surface area contributed by atoms with Crippen molar-refractivity contribution >= 4 is 5.91 Å². The van der Waals surface area contributed by atoms with Crippen LogP contribution in [0.25, 0.3) is 0 Å². The Morgan fingerprint density at radius 2 is 1.82 bits per heavy atom. The lowest BCUT2D eigenvalue weighted by Crippen LogP contribution is -2.58. The van der Waals surface area contributed by atoms with Gasteiger partial charge in [-0.15, -0.1) is 0 Å². The smallest absolute Gasteiger partial charge is 0.354 e. The largest absolute Gasteiger partial charge is 0.405 e. The molecule has 0 aromatic heterocycles. The summed E-state index contributed by atoms with van der Waals surface area (Å²) in [6, 6.07) is -1.59. The molecule has 22 heavy (non-hydrogen) atoms. The minimum Gasteiger partial charge on any atom is -0.354 e. The van der Waals surface area contributed by atoms with E-state index in [1.54, 1.807) is 0 Å². The van der Waals surface area contributed by atoms with Gasteiger partial charge in [-0.05, 0) is 33.0 Å². The molecule has 1 unspecified atom stereocenters. The summed E-state index contributed by atoms with van der Waals surface area (Å²) < 4.78 is 39.7. The molecule has 0 bridgehead atoms. The summed E-state index contributed by atoms with van der Waals surface area (Å²) in [4.78, 5) is 15.6. The third kappa shape index (κ3) is 4.82. The third-order valence-electron chi connectivity index (χ3n) is 4.53. The van der Waals surface area contributed by atoms with Gasteiger partial charge < -0.3 is 15.5 Å². The Morgan fingerprint density at radius 1 is 1.23 bits per heavy atom. The summed E-state index contributed by atoms with van der Waals surface area (Å²) in [6.45, 7) is 3.10. The number of rotatable bonds is 4. The molecule has 128 valence electrons. The number of piperazine rings is 1. The molecular weight excluding hydrogens is 297 g/mol. The first kappa shape index (κ1) is 17.5. The van der Waals surface area contributed by atoms with Gasteiger partial charge in [-0.3, -0.25) is 9.69 Å². The molecule has 2 rings (SSSR count). The third-order valence-corrected chi connectivity index (χ3v) is 4.53. The van der Waals surface area contributed by atoms with E-state index in [-0.39, 0.29) is 18.4 Å². The van der Waals surface area contributed by atoms with Crippen molar-refractivity contribution in [1.82, 2.24) is 20.4 Å². The van der Waals surface area contributed by atoms with Crippen LogP contribution in [0.1, 0.15) is 12.8 Å². The molecule has 0 radical (unpaired) electrons. The highest BCUT2D eigenvalue weighted by Gasteiger charge is 2.44. The van der Waals surface area contributed by atoms with E-state index in [9.17, 15) is 18.0 Å². The van der Waals surface area contributed by atoms with E-state index in [2.05, 4.69) is 15.5 Å². The first-order chi connectivity index (χ1) is 10.4. The first-order valence-corrected chi connectivity index (χ1v) is 7.85. The number of piperidine rings is 1. The molecule has 2 heterocycles. The lowest BCUT2D eigenvalue weighted by atomic mass is 9.96. The second kappa shape index (κ2) is 7.61. The van der Waals surface area contributed by atoms with E-state index in [0.717, 1.165) is 13.1 Å². The second-order valence-electron chi connectivity index (χ2n) is 6.17. The molecule has 0 spiro atoms. The van der Waals surface area contributed by atoms with Crippen LogP contribution in [0.4, 0.5) is 13.2 Å². The minimum atomic E-state index is -4.32. The fraction of sp³-hybridized carbons (Fsp3) is 0.929. The maximum Gasteiger partial charge on any atom is 0.405 e. The predicted octanol–water partition coefficient (Wildman–Crippen LogP) is 0.281. The number of alkyl halides is 3. The number of amides is 1. The van der Waals surface area contributed by atoms with Crippen LogP contribution >= 0.6 is 0 Å². The molecule has 2 fully saturated rings. The van der Waals surface area contributed by atoms with Crippen LogP contribution in [-0.4, -0.2) is 80.8 Å². The van der Waals surface area contributed by atoms with Gasteiger partial charge in [0.2, 0.25) is 5.91 Å². The van der Waals surface area contributed by atoms with Gasteiger partial charge in [0.1, 0.15) is 6.04 Å². The highest BCUT2D eigenvalue weighted by molar-refractivity contribution is 5.78. The molecule has 2 aliphatic heterocycles. The van der Waals surface area contributed by atoms with Crippen LogP contribution in [0.2, 0.25) is 0 Å². The lowest BCUT2D eigenvalue weighted by molar-refractivity contribution is -0.184. The lowest BCUT2D eigenvalue weighted by Gasteiger charge is -2.36. The van der Waals surface area contributed by atoms with Crippen LogP contribution in [0, 0.1) is 5.92 Å². The van der Waals surface area contributed by atoms with E-state index in [4.69, 9.17) is 0 Å². The number of nitrogens with zero attached hydrogens (tertiary/aromatic N) is 2. The molecule has 5 nitrogen and oxygen atoms in total. The summed E-state index contributed by atoms with van der Waals surface area (Å²) in [5.74, 6) is -0.398. The average molecular weight is 322 g/mol. The first-order valence-electron chi connectivity index (χ1n) is 7.85. The van der Waals surface area contributed by atoms with E-state index >= 15 is 0 Å². The summed E-state index contributed by atoms with van der Waals surface area (Å²) in [5.41, 5.74) is 0. The van der Waals surface area contributed by atoms with Crippen molar-refractivity contribution in [2.24, 2.45) is 5.92 Å². The van der Waals surface area contributed by atoms with Crippen molar-refractivity contribution in [1.29, 1.82) is 0 Å². The molecule has 1 atom stereocenters. The Balaban J connectivity index is 1.86. The van der Waals surface area contributed by atoms with Gasteiger partial charge in [0, 0.05) is 38.6 Å². The van der Waals surface area contributed by atoms with Gasteiger partial charge in [0.05, 0.1) is 0 Å². The van der Waals surface area contributed by atoms with Crippen molar-refractivity contribution in [3.63, 3.8) is 0 Å². The highest BCUT2D eigenvalue weighted by atomic mass is 19.4. The number of hydrogen-bond donors (Lipinski definition) is 2. The van der Waals surface area contributed by atoms with Crippen molar-refractivity contribution < 1.29 is 18.0 Å². The van der Waals surface area contributed by atoms with Crippen molar-refractivity contribution in [2.45, 2.75) is 25.1 Å². The summed E-state index contributed by atoms with van der Waals surface area (Å²) in [7, 11) is 1.98. The fourth-order valence-corrected chi connectivity index (χ4v) is 3.06. The molecule has 2 aliphatic rings. The zero-order valence-corrected chi connectivity index (χ0v) is 13.0. The van der Waals surface area contributed by atoms with Gasteiger partial charge in [-0.1, -0.05) is 0 Å². The molecule has 0 aliphatic carbocycles. The number of carbonyl (C=O) groups is 1. The number of carbonyl (C=O) groups excluding carboxylic acids is 1.